The molecule has 0 N–H and O–H groups in total. The Hall–Kier alpha value is -4.00. The van der Waals surface area contributed by atoms with Gasteiger partial charge in [-0.2, -0.15) is 0 Å². The number of anilines is 1. The van der Waals surface area contributed by atoms with Gasteiger partial charge >= 0.3 is 0 Å². The van der Waals surface area contributed by atoms with Gasteiger partial charge < -0.3 is 19.1 Å². The van der Waals surface area contributed by atoms with Crippen LogP contribution in [-0.4, -0.2) is 43.2 Å². The van der Waals surface area contributed by atoms with Crippen molar-refractivity contribution in [3.8, 4) is 39.6 Å². The molecule has 0 aliphatic carbocycles. The van der Waals surface area contributed by atoms with E-state index in [1.807, 2.05) is 70.2 Å². The summed E-state index contributed by atoms with van der Waals surface area (Å²) >= 11 is 0. The van der Waals surface area contributed by atoms with Crippen molar-refractivity contribution >= 4 is 17.2 Å². The predicted octanol–water partition coefficient (Wildman–Crippen LogP) is 4.82. The molecule has 1 aliphatic heterocycles. The Morgan fingerprint density at radius 3 is 2.39 bits per heavy atom. The Labute approximate surface area is 192 Å². The zero-order valence-corrected chi connectivity index (χ0v) is 18.9. The number of rotatable bonds is 6. The van der Waals surface area contributed by atoms with E-state index >= 15 is 0 Å². The van der Waals surface area contributed by atoms with Gasteiger partial charge in [-0.25, -0.2) is 4.98 Å². The van der Waals surface area contributed by atoms with Crippen molar-refractivity contribution in [3.05, 3.63) is 60.9 Å². The van der Waals surface area contributed by atoms with Crippen molar-refractivity contribution in [2.24, 2.45) is 0 Å². The van der Waals surface area contributed by atoms with E-state index in [1.165, 1.54) is 0 Å². The second-order valence-electron chi connectivity index (χ2n) is 7.87. The van der Waals surface area contributed by atoms with Crippen LogP contribution in [0.15, 0.2) is 60.9 Å². The lowest BCUT2D eigenvalue weighted by molar-refractivity contribution is -0.117. The van der Waals surface area contributed by atoms with Gasteiger partial charge in [0, 0.05) is 35.9 Å². The number of carbonyl (C=O) groups is 1. The van der Waals surface area contributed by atoms with Crippen LogP contribution in [0.3, 0.4) is 0 Å². The number of aromatic nitrogens is 2. The highest BCUT2D eigenvalue weighted by Gasteiger charge is 2.26. The van der Waals surface area contributed by atoms with E-state index in [0.717, 1.165) is 45.9 Å². The molecule has 2 aromatic heterocycles. The van der Waals surface area contributed by atoms with Gasteiger partial charge in [0.05, 0.1) is 38.9 Å². The van der Waals surface area contributed by atoms with Crippen LogP contribution in [0.2, 0.25) is 0 Å². The van der Waals surface area contributed by atoms with Crippen molar-refractivity contribution in [1.29, 1.82) is 0 Å². The average molecular weight is 444 g/mol. The Morgan fingerprint density at radius 1 is 0.879 bits per heavy atom. The minimum absolute atomic E-state index is 0.116. The molecule has 0 spiro atoms. The third-order valence-electron chi connectivity index (χ3n) is 6.05. The number of pyridine rings is 1. The summed E-state index contributed by atoms with van der Waals surface area (Å²) in [5.41, 5.74) is 5.23. The summed E-state index contributed by atoms with van der Waals surface area (Å²) in [4.78, 5) is 19.2. The zero-order chi connectivity index (χ0) is 22.9. The molecule has 5 rings (SSSR count). The quantitative estimate of drug-likeness (QED) is 0.427. The number of imidazole rings is 1. The molecular weight excluding hydrogens is 418 g/mol. The number of para-hydroxylation sites is 1. The van der Waals surface area contributed by atoms with E-state index < -0.39 is 0 Å². The van der Waals surface area contributed by atoms with Crippen LogP contribution in [0.25, 0.3) is 28.0 Å². The number of ether oxygens (including phenoxy) is 3. The van der Waals surface area contributed by atoms with Crippen molar-refractivity contribution in [1.82, 2.24) is 9.38 Å². The summed E-state index contributed by atoms with van der Waals surface area (Å²) in [6, 6.07) is 15.7. The number of methoxy groups -OCH3 is 3. The average Bonchev–Trinajstić information content (AvgIpc) is 3.49. The number of hydrogen-bond donors (Lipinski definition) is 0. The maximum Gasteiger partial charge on any atom is 0.227 e. The molecule has 7 nitrogen and oxygen atoms in total. The van der Waals surface area contributed by atoms with Gasteiger partial charge in [-0.05, 0) is 36.8 Å². The molecule has 1 saturated heterocycles. The second kappa shape index (κ2) is 8.50. The SMILES string of the molecule is COc1ccc(-c2cnc3c(N4CCCC4=O)cc(-c4ccccc4OC)cn23)cc1OC. The maximum atomic E-state index is 12.7. The molecule has 1 aliphatic rings. The smallest absolute Gasteiger partial charge is 0.227 e. The lowest BCUT2D eigenvalue weighted by Gasteiger charge is -2.19. The number of fused-ring (bicyclic) bond motifs is 1. The highest BCUT2D eigenvalue weighted by atomic mass is 16.5. The number of hydrogen-bond acceptors (Lipinski definition) is 5. The summed E-state index contributed by atoms with van der Waals surface area (Å²) in [7, 11) is 4.89. The number of carbonyl (C=O) groups excluding carboxylic acids is 1. The van der Waals surface area contributed by atoms with E-state index in [1.54, 1.807) is 21.3 Å². The van der Waals surface area contributed by atoms with Crippen molar-refractivity contribution in [2.75, 3.05) is 32.8 Å². The molecule has 4 aromatic rings. The summed E-state index contributed by atoms with van der Waals surface area (Å²) in [6.45, 7) is 0.683. The number of benzene rings is 2. The summed E-state index contributed by atoms with van der Waals surface area (Å²) in [5, 5.41) is 0. The highest BCUT2D eigenvalue weighted by molar-refractivity contribution is 6.00. The Bertz CT molecular complexity index is 1340. The molecule has 33 heavy (non-hydrogen) atoms. The van der Waals surface area contributed by atoms with Gasteiger partial charge in [0.15, 0.2) is 17.1 Å². The fraction of sp³-hybridized carbons (Fsp3) is 0.231. The van der Waals surface area contributed by atoms with Gasteiger partial charge in [0.1, 0.15) is 5.75 Å². The molecule has 1 fully saturated rings. The molecule has 168 valence electrons. The van der Waals surface area contributed by atoms with Crippen LogP contribution >= 0.6 is 0 Å². The first kappa shape index (κ1) is 20.9. The topological polar surface area (TPSA) is 65.3 Å². The molecule has 1 amide bonds. The van der Waals surface area contributed by atoms with Crippen molar-refractivity contribution in [2.45, 2.75) is 12.8 Å². The van der Waals surface area contributed by atoms with Gasteiger partial charge in [0.2, 0.25) is 5.91 Å². The summed E-state index contributed by atoms with van der Waals surface area (Å²) < 4.78 is 18.5. The molecule has 0 unspecified atom stereocenters. The summed E-state index contributed by atoms with van der Waals surface area (Å²) in [6.07, 6.45) is 5.25. The van der Waals surface area contributed by atoms with Crippen LogP contribution in [0.5, 0.6) is 17.2 Å². The second-order valence-corrected chi connectivity index (χ2v) is 7.87. The standard InChI is InChI=1S/C26H25N3O4/c1-31-22-8-5-4-7-19(22)18-13-20(28-12-6-9-25(28)30)26-27-15-21(29(26)16-18)17-10-11-23(32-2)24(14-17)33-3/h4-5,7-8,10-11,13-16H,6,9,12H2,1-3H3. The van der Waals surface area contributed by atoms with Crippen LogP contribution < -0.4 is 19.1 Å². The van der Waals surface area contributed by atoms with Crippen LogP contribution in [-0.2, 0) is 4.79 Å². The molecule has 2 aromatic carbocycles. The normalized spacial score (nSPS) is 13.5. The van der Waals surface area contributed by atoms with Gasteiger partial charge in [-0.15, -0.1) is 0 Å². The molecule has 3 heterocycles. The number of nitrogens with zero attached hydrogens (tertiary/aromatic N) is 3. The van der Waals surface area contributed by atoms with Crippen LogP contribution in [0.4, 0.5) is 5.69 Å². The molecule has 0 radical (unpaired) electrons. The van der Waals surface area contributed by atoms with Gasteiger partial charge in [-0.3, -0.25) is 9.20 Å². The van der Waals surface area contributed by atoms with E-state index in [-0.39, 0.29) is 5.91 Å². The monoisotopic (exact) mass is 443 g/mol. The molecule has 0 bridgehead atoms. The predicted molar refractivity (Wildman–Crippen MR) is 127 cm³/mol. The third kappa shape index (κ3) is 3.55. The molecule has 7 heteroatoms. The largest absolute Gasteiger partial charge is 0.496 e. The summed E-state index contributed by atoms with van der Waals surface area (Å²) in [5.74, 6) is 2.18. The Morgan fingerprint density at radius 2 is 1.67 bits per heavy atom. The third-order valence-corrected chi connectivity index (χ3v) is 6.05. The Balaban J connectivity index is 1.76. The first-order valence-electron chi connectivity index (χ1n) is 10.8. The molecule has 0 saturated carbocycles. The van der Waals surface area contributed by atoms with Crippen molar-refractivity contribution in [3.63, 3.8) is 0 Å². The van der Waals surface area contributed by atoms with Crippen LogP contribution in [0, 0.1) is 0 Å². The van der Waals surface area contributed by atoms with Gasteiger partial charge in [-0.1, -0.05) is 18.2 Å². The fourth-order valence-electron chi connectivity index (χ4n) is 4.41. The first-order valence-corrected chi connectivity index (χ1v) is 10.8. The van der Waals surface area contributed by atoms with Crippen molar-refractivity contribution < 1.29 is 19.0 Å². The van der Waals surface area contributed by atoms with E-state index in [4.69, 9.17) is 19.2 Å². The molecule has 0 atom stereocenters. The Kier molecular flexibility index (Phi) is 5.38. The lowest BCUT2D eigenvalue weighted by Crippen LogP contribution is -2.24. The number of amides is 1. The van der Waals surface area contributed by atoms with E-state index in [0.29, 0.717) is 24.5 Å². The first-order chi connectivity index (χ1) is 16.1. The highest BCUT2D eigenvalue weighted by Crippen LogP contribution is 2.38. The van der Waals surface area contributed by atoms with Gasteiger partial charge in [0.25, 0.3) is 0 Å². The minimum atomic E-state index is 0.116. The van der Waals surface area contributed by atoms with E-state index in [2.05, 4.69) is 0 Å². The van der Waals surface area contributed by atoms with E-state index in [9.17, 15) is 4.79 Å². The molecular formula is C26H25N3O4. The lowest BCUT2D eigenvalue weighted by atomic mass is 10.1. The van der Waals surface area contributed by atoms with Crippen LogP contribution in [0.1, 0.15) is 12.8 Å². The maximum absolute atomic E-state index is 12.7. The fourth-order valence-corrected chi connectivity index (χ4v) is 4.41. The zero-order valence-electron chi connectivity index (χ0n) is 18.9. The minimum Gasteiger partial charge on any atom is -0.496 e.